The van der Waals surface area contributed by atoms with Gasteiger partial charge in [0.25, 0.3) is 0 Å². The van der Waals surface area contributed by atoms with Crippen LogP contribution in [0.25, 0.3) is 0 Å². The third-order valence-corrected chi connectivity index (χ3v) is 3.81. The smallest absolute Gasteiger partial charge is 0.448 e. The second-order valence-corrected chi connectivity index (χ2v) is 6.36. The quantitative estimate of drug-likeness (QED) is 0.623. The monoisotopic (exact) mass is 323 g/mol. The fourth-order valence-corrected chi connectivity index (χ4v) is 2.88. The molecule has 0 radical (unpaired) electrons. The van der Waals surface area contributed by atoms with Crippen molar-refractivity contribution in [1.82, 2.24) is 0 Å². The number of aryl methyl sites for hydroxylation is 1. The Balaban J connectivity index is 2.01. The van der Waals surface area contributed by atoms with E-state index in [1.807, 2.05) is 6.07 Å². The summed E-state index contributed by atoms with van der Waals surface area (Å²) in [4.78, 5) is 17.9. The number of phenols is 1. The van der Waals surface area contributed by atoms with Crippen LogP contribution in [-0.4, -0.2) is 25.7 Å². The molecule has 1 atom stereocenters. The Morgan fingerprint density at radius 3 is 2.64 bits per heavy atom. The highest BCUT2D eigenvalue weighted by Crippen LogP contribution is 2.38. The number of aromatic hydroxyl groups is 1. The topological polar surface area (TPSA) is 110 Å². The van der Waals surface area contributed by atoms with Crippen molar-refractivity contribution in [3.8, 4) is 5.75 Å². The van der Waals surface area contributed by atoms with Gasteiger partial charge in [-0.2, -0.15) is 4.76 Å². The van der Waals surface area contributed by atoms with Gasteiger partial charge in [-0.3, -0.25) is 0 Å². The molecule has 0 amide bonds. The Labute approximate surface area is 128 Å². The molecule has 0 fully saturated rings. The van der Waals surface area contributed by atoms with Crippen LogP contribution in [0.2, 0.25) is 0 Å². The summed E-state index contributed by atoms with van der Waals surface area (Å²) >= 11 is 0. The van der Waals surface area contributed by atoms with Crippen molar-refractivity contribution >= 4 is 13.5 Å². The highest BCUT2D eigenvalue weighted by atomic mass is 31.2. The van der Waals surface area contributed by atoms with Gasteiger partial charge in [0, 0.05) is 5.92 Å². The van der Waals surface area contributed by atoms with Crippen molar-refractivity contribution in [2.75, 3.05) is 0 Å². The van der Waals surface area contributed by atoms with E-state index in [1.165, 1.54) is 18.2 Å². The second-order valence-electron chi connectivity index (χ2n) is 5.13. The molecule has 118 valence electrons. The van der Waals surface area contributed by atoms with Crippen molar-refractivity contribution < 1.29 is 24.6 Å². The van der Waals surface area contributed by atoms with E-state index in [0.717, 1.165) is 12.0 Å². The lowest BCUT2D eigenvalue weighted by molar-refractivity contribution is 0.374. The van der Waals surface area contributed by atoms with Gasteiger partial charge in [-0.1, -0.05) is 12.1 Å². The van der Waals surface area contributed by atoms with E-state index in [1.54, 1.807) is 18.2 Å². The summed E-state index contributed by atoms with van der Waals surface area (Å²) in [7, 11) is -4.50. The minimum absolute atomic E-state index is 0.0621. The molecule has 0 saturated heterocycles. The van der Waals surface area contributed by atoms with Crippen molar-refractivity contribution in [2.45, 2.75) is 19.3 Å². The van der Waals surface area contributed by atoms with Crippen LogP contribution >= 0.6 is 7.75 Å². The summed E-state index contributed by atoms with van der Waals surface area (Å²) in [5, 5.41) is 18.9. The van der Waals surface area contributed by atoms with E-state index >= 15 is 0 Å². The largest absolute Gasteiger partial charge is 0.508 e. The molecule has 0 spiro atoms. The van der Waals surface area contributed by atoms with Crippen LogP contribution in [0.4, 0.5) is 0 Å². The van der Waals surface area contributed by atoms with Crippen molar-refractivity contribution in [3.05, 3.63) is 53.8 Å². The molecular formula is C15H18NO5P. The molecule has 1 aliphatic rings. The fourth-order valence-electron chi connectivity index (χ4n) is 2.37. The maximum absolute atomic E-state index is 11.0. The molecule has 2 rings (SSSR count). The number of rotatable bonds is 5. The normalized spacial score (nSPS) is 20.2. The van der Waals surface area contributed by atoms with Gasteiger partial charge in [0.2, 0.25) is 0 Å². The van der Waals surface area contributed by atoms with E-state index in [4.69, 9.17) is 9.79 Å². The lowest BCUT2D eigenvalue weighted by atomic mass is 9.91. The summed E-state index contributed by atoms with van der Waals surface area (Å²) in [6.45, 7) is 0. The Kier molecular flexibility index (Phi) is 5.19. The maximum atomic E-state index is 11.0. The minimum atomic E-state index is -4.50. The van der Waals surface area contributed by atoms with E-state index in [-0.39, 0.29) is 23.1 Å². The van der Waals surface area contributed by atoms with Gasteiger partial charge in [-0.15, -0.1) is 0 Å². The molecule has 0 heterocycles. The van der Waals surface area contributed by atoms with Gasteiger partial charge in [0.15, 0.2) is 0 Å². The Bertz CT molecular complexity index is 674. The molecule has 0 bridgehead atoms. The lowest BCUT2D eigenvalue weighted by Crippen LogP contribution is -2.14. The molecule has 4 N–H and O–H groups in total. The molecule has 0 aromatic heterocycles. The van der Waals surface area contributed by atoms with E-state index < -0.39 is 7.75 Å². The van der Waals surface area contributed by atoms with E-state index in [2.05, 4.69) is 4.76 Å². The number of aliphatic hydroxyl groups excluding tert-OH is 1. The van der Waals surface area contributed by atoms with Gasteiger partial charge in [-0.05, 0) is 55.2 Å². The second kappa shape index (κ2) is 6.92. The van der Waals surface area contributed by atoms with Gasteiger partial charge >= 0.3 is 7.75 Å². The number of aliphatic hydroxyl groups is 1. The SMILES string of the molecule is O=P(O)(O)/N=C1\C=CC(O)=CC1CCCc1cccc(O)c1. The zero-order chi connectivity index (χ0) is 16.2. The fraction of sp³-hybridized carbons (Fsp3) is 0.267. The summed E-state index contributed by atoms with van der Waals surface area (Å²) in [5.41, 5.74) is 1.25. The third kappa shape index (κ3) is 5.15. The first-order chi connectivity index (χ1) is 10.3. The van der Waals surface area contributed by atoms with Crippen LogP contribution in [0.5, 0.6) is 5.75 Å². The van der Waals surface area contributed by atoms with Gasteiger partial charge < -0.3 is 20.0 Å². The molecule has 0 aliphatic heterocycles. The molecule has 0 saturated carbocycles. The average Bonchev–Trinajstić information content (AvgIpc) is 2.40. The summed E-state index contributed by atoms with van der Waals surface area (Å²) < 4.78 is 14.4. The number of hydrogen-bond donors (Lipinski definition) is 4. The van der Waals surface area contributed by atoms with Crippen LogP contribution in [0.15, 0.2) is 53.0 Å². The average molecular weight is 323 g/mol. The predicted octanol–water partition coefficient (Wildman–Crippen LogP) is 2.88. The maximum Gasteiger partial charge on any atom is 0.448 e. The number of benzene rings is 1. The van der Waals surface area contributed by atoms with Gasteiger partial charge in [0.1, 0.15) is 11.5 Å². The van der Waals surface area contributed by atoms with E-state index in [0.29, 0.717) is 12.8 Å². The number of phenolic OH excluding ortho intramolecular Hbond substituents is 1. The van der Waals surface area contributed by atoms with Crippen LogP contribution in [0.3, 0.4) is 0 Å². The number of nitrogens with zero attached hydrogens (tertiary/aromatic N) is 1. The standard InChI is InChI=1S/C15H18NO5P/c17-13-6-2-4-11(9-13)3-1-5-12-10-14(18)7-8-15(12)16-22(19,20)21/h2,4,6-10,12,17-18H,1,3,5H2,(H2,19,20,21)/b16-15+. The third-order valence-electron chi connectivity index (χ3n) is 3.31. The molecule has 22 heavy (non-hydrogen) atoms. The van der Waals surface area contributed by atoms with Crippen molar-refractivity contribution in [2.24, 2.45) is 10.7 Å². The minimum Gasteiger partial charge on any atom is -0.508 e. The zero-order valence-electron chi connectivity index (χ0n) is 11.8. The zero-order valence-corrected chi connectivity index (χ0v) is 12.7. The van der Waals surface area contributed by atoms with Crippen LogP contribution < -0.4 is 0 Å². The Morgan fingerprint density at radius 2 is 1.95 bits per heavy atom. The lowest BCUT2D eigenvalue weighted by Gasteiger charge is -2.17. The van der Waals surface area contributed by atoms with Gasteiger partial charge in [0.05, 0.1) is 5.71 Å². The number of allylic oxidation sites excluding steroid dienone is 3. The van der Waals surface area contributed by atoms with Gasteiger partial charge in [-0.25, -0.2) is 4.57 Å². The van der Waals surface area contributed by atoms with Crippen molar-refractivity contribution in [1.29, 1.82) is 0 Å². The highest BCUT2D eigenvalue weighted by Gasteiger charge is 2.20. The molecule has 1 aliphatic carbocycles. The first kappa shape index (κ1) is 16.5. The Morgan fingerprint density at radius 1 is 1.18 bits per heavy atom. The molecule has 7 heteroatoms. The molecule has 1 unspecified atom stereocenters. The Hall–Kier alpha value is -1.88. The molecule has 1 aromatic carbocycles. The predicted molar refractivity (Wildman–Crippen MR) is 83.9 cm³/mol. The first-order valence-electron chi connectivity index (χ1n) is 6.86. The summed E-state index contributed by atoms with van der Waals surface area (Å²) in [6, 6.07) is 6.94. The van der Waals surface area contributed by atoms with Crippen LogP contribution in [-0.2, 0) is 11.0 Å². The summed E-state index contributed by atoms with van der Waals surface area (Å²) in [6.07, 6.45) is 6.35. The summed E-state index contributed by atoms with van der Waals surface area (Å²) in [5.74, 6) is -0.0682. The molecule has 6 nitrogen and oxygen atoms in total. The molecule has 1 aromatic rings. The molecular weight excluding hydrogens is 305 g/mol. The van der Waals surface area contributed by atoms with E-state index in [9.17, 15) is 14.8 Å². The number of hydrogen-bond acceptors (Lipinski definition) is 3. The van der Waals surface area contributed by atoms with Crippen LogP contribution in [0.1, 0.15) is 18.4 Å². The van der Waals surface area contributed by atoms with Crippen molar-refractivity contribution in [3.63, 3.8) is 0 Å². The van der Waals surface area contributed by atoms with Crippen LogP contribution in [0, 0.1) is 5.92 Å². The highest BCUT2D eigenvalue weighted by molar-refractivity contribution is 7.50. The first-order valence-corrected chi connectivity index (χ1v) is 8.42.